The van der Waals surface area contributed by atoms with E-state index in [1.165, 1.54) is 0 Å². The summed E-state index contributed by atoms with van der Waals surface area (Å²) in [5.74, 6) is -0.817. The molecule has 1 N–H and O–H groups in total. The molecule has 0 spiro atoms. The second kappa shape index (κ2) is 4.25. The lowest BCUT2D eigenvalue weighted by atomic mass is 10.1. The first-order chi connectivity index (χ1) is 7.59. The van der Waals surface area contributed by atoms with Crippen molar-refractivity contribution in [3.63, 3.8) is 0 Å². The minimum absolute atomic E-state index is 0.0750. The van der Waals surface area contributed by atoms with Crippen LogP contribution in [-0.2, 0) is 11.3 Å². The van der Waals surface area contributed by atoms with Crippen LogP contribution in [0.2, 0.25) is 0 Å². The van der Waals surface area contributed by atoms with Crippen LogP contribution in [0.3, 0.4) is 0 Å². The average molecular weight is 283 g/mol. The molecule has 1 aromatic heterocycles. The predicted octanol–water partition coefficient (Wildman–Crippen LogP) is 2.58. The number of hydrogen-bond donors (Lipinski definition) is 1. The third-order valence-corrected chi connectivity index (χ3v) is 3.26. The second-order valence-electron chi connectivity index (χ2n) is 3.63. The molecular weight excluding hydrogens is 272 g/mol. The summed E-state index contributed by atoms with van der Waals surface area (Å²) < 4.78 is 2.54. The SMILES string of the molecule is Cc1cccc2nn(CCC(=O)O)c(Br)c12. The highest BCUT2D eigenvalue weighted by atomic mass is 79.9. The van der Waals surface area contributed by atoms with Gasteiger partial charge in [-0.3, -0.25) is 9.48 Å². The number of rotatable bonds is 3. The van der Waals surface area contributed by atoms with Gasteiger partial charge in [0.2, 0.25) is 0 Å². The molecule has 5 heteroatoms. The Bertz CT molecular complexity index is 548. The Hall–Kier alpha value is -1.36. The summed E-state index contributed by atoms with van der Waals surface area (Å²) in [6, 6.07) is 5.87. The van der Waals surface area contributed by atoms with Crippen LogP contribution in [0.5, 0.6) is 0 Å². The Morgan fingerprint density at radius 3 is 2.94 bits per heavy atom. The Kier molecular flexibility index (Phi) is 2.96. The summed E-state index contributed by atoms with van der Waals surface area (Å²) in [5.41, 5.74) is 2.02. The summed E-state index contributed by atoms with van der Waals surface area (Å²) in [4.78, 5) is 10.5. The fourth-order valence-electron chi connectivity index (χ4n) is 1.66. The number of aliphatic carboxylic acids is 1. The molecule has 2 rings (SSSR count). The van der Waals surface area contributed by atoms with Gasteiger partial charge < -0.3 is 5.11 Å². The van der Waals surface area contributed by atoms with Crippen molar-refractivity contribution < 1.29 is 9.90 Å². The zero-order valence-electron chi connectivity index (χ0n) is 8.77. The monoisotopic (exact) mass is 282 g/mol. The maximum atomic E-state index is 10.5. The third-order valence-electron chi connectivity index (χ3n) is 2.45. The molecule has 0 radical (unpaired) electrons. The predicted molar refractivity (Wildman–Crippen MR) is 64.4 cm³/mol. The smallest absolute Gasteiger partial charge is 0.305 e. The van der Waals surface area contributed by atoms with E-state index in [4.69, 9.17) is 5.11 Å². The van der Waals surface area contributed by atoms with Crippen LogP contribution in [0.1, 0.15) is 12.0 Å². The van der Waals surface area contributed by atoms with Crippen molar-refractivity contribution >= 4 is 32.8 Å². The maximum absolute atomic E-state index is 10.5. The van der Waals surface area contributed by atoms with Crippen molar-refractivity contribution in [2.24, 2.45) is 0 Å². The minimum atomic E-state index is -0.817. The quantitative estimate of drug-likeness (QED) is 0.942. The molecule has 0 saturated carbocycles. The molecule has 0 fully saturated rings. The van der Waals surface area contributed by atoms with E-state index in [1.807, 2.05) is 25.1 Å². The van der Waals surface area contributed by atoms with Gasteiger partial charge in [-0.1, -0.05) is 12.1 Å². The van der Waals surface area contributed by atoms with Crippen LogP contribution in [0.15, 0.2) is 22.8 Å². The number of halogens is 1. The van der Waals surface area contributed by atoms with Crippen LogP contribution in [0, 0.1) is 6.92 Å². The van der Waals surface area contributed by atoms with Crippen molar-refractivity contribution in [1.29, 1.82) is 0 Å². The Labute approximate surface area is 101 Å². The van der Waals surface area contributed by atoms with E-state index in [1.54, 1.807) is 4.68 Å². The van der Waals surface area contributed by atoms with Gasteiger partial charge in [0.15, 0.2) is 0 Å². The standard InChI is InChI=1S/C11H11BrN2O2/c1-7-3-2-4-8-10(7)11(12)14(13-8)6-5-9(15)16/h2-4H,5-6H2,1H3,(H,15,16). The molecule has 2 aromatic rings. The number of carboxylic acid groups (broad SMARTS) is 1. The van der Waals surface area contributed by atoms with E-state index in [-0.39, 0.29) is 6.42 Å². The lowest BCUT2D eigenvalue weighted by Crippen LogP contribution is -2.05. The van der Waals surface area contributed by atoms with Crippen molar-refractivity contribution in [2.75, 3.05) is 0 Å². The highest BCUT2D eigenvalue weighted by Crippen LogP contribution is 2.26. The molecule has 0 saturated heterocycles. The molecule has 0 atom stereocenters. The first-order valence-corrected chi connectivity index (χ1v) is 5.72. The van der Waals surface area contributed by atoms with Gasteiger partial charge in [-0.2, -0.15) is 5.10 Å². The number of benzene rings is 1. The molecule has 0 bridgehead atoms. The van der Waals surface area contributed by atoms with E-state index in [0.29, 0.717) is 6.54 Å². The van der Waals surface area contributed by atoms with Gasteiger partial charge >= 0.3 is 5.97 Å². The molecule has 0 aliphatic rings. The van der Waals surface area contributed by atoms with Gasteiger partial charge in [-0.05, 0) is 34.5 Å². The average Bonchev–Trinajstić information content (AvgIpc) is 2.54. The summed E-state index contributed by atoms with van der Waals surface area (Å²) in [5, 5.41) is 14.0. The number of carboxylic acids is 1. The van der Waals surface area contributed by atoms with Gasteiger partial charge in [0.1, 0.15) is 4.60 Å². The highest BCUT2D eigenvalue weighted by Gasteiger charge is 2.11. The Morgan fingerprint density at radius 1 is 1.56 bits per heavy atom. The topological polar surface area (TPSA) is 55.1 Å². The van der Waals surface area contributed by atoms with Gasteiger partial charge in [0.05, 0.1) is 18.5 Å². The van der Waals surface area contributed by atoms with E-state index >= 15 is 0 Å². The first-order valence-electron chi connectivity index (χ1n) is 4.93. The van der Waals surface area contributed by atoms with E-state index in [2.05, 4.69) is 21.0 Å². The van der Waals surface area contributed by atoms with Crippen molar-refractivity contribution in [3.05, 3.63) is 28.4 Å². The van der Waals surface area contributed by atoms with Crippen molar-refractivity contribution in [1.82, 2.24) is 9.78 Å². The normalized spacial score (nSPS) is 10.9. The zero-order valence-corrected chi connectivity index (χ0v) is 10.4. The van der Waals surface area contributed by atoms with E-state index in [0.717, 1.165) is 21.1 Å². The molecule has 1 aromatic carbocycles. The summed E-state index contributed by atoms with van der Waals surface area (Å²) in [6.07, 6.45) is 0.0750. The number of aryl methyl sites for hydroxylation is 2. The number of fused-ring (bicyclic) bond motifs is 1. The zero-order chi connectivity index (χ0) is 11.7. The number of nitrogens with zero attached hydrogens (tertiary/aromatic N) is 2. The minimum Gasteiger partial charge on any atom is -0.481 e. The Balaban J connectivity index is 2.44. The Morgan fingerprint density at radius 2 is 2.31 bits per heavy atom. The highest BCUT2D eigenvalue weighted by molar-refractivity contribution is 9.10. The molecule has 0 aliphatic carbocycles. The largest absolute Gasteiger partial charge is 0.481 e. The van der Waals surface area contributed by atoms with Crippen molar-refractivity contribution in [2.45, 2.75) is 19.9 Å². The van der Waals surface area contributed by atoms with E-state index in [9.17, 15) is 4.79 Å². The fraction of sp³-hybridized carbons (Fsp3) is 0.273. The van der Waals surface area contributed by atoms with Gasteiger partial charge in [0.25, 0.3) is 0 Å². The number of aromatic nitrogens is 2. The van der Waals surface area contributed by atoms with Gasteiger partial charge in [-0.25, -0.2) is 0 Å². The molecule has 1 heterocycles. The number of carbonyl (C=O) groups is 1. The molecule has 16 heavy (non-hydrogen) atoms. The summed E-state index contributed by atoms with van der Waals surface area (Å²) in [7, 11) is 0. The van der Waals surface area contributed by atoms with Gasteiger partial charge in [-0.15, -0.1) is 0 Å². The molecule has 0 unspecified atom stereocenters. The second-order valence-corrected chi connectivity index (χ2v) is 4.38. The lowest BCUT2D eigenvalue weighted by molar-refractivity contribution is -0.137. The van der Waals surface area contributed by atoms with Gasteiger partial charge in [0, 0.05) is 5.39 Å². The fourth-order valence-corrected chi connectivity index (χ4v) is 2.43. The maximum Gasteiger partial charge on any atom is 0.305 e. The van der Waals surface area contributed by atoms with Crippen LogP contribution in [-0.4, -0.2) is 20.9 Å². The first kappa shape index (κ1) is 11.1. The molecular formula is C11H11BrN2O2. The number of hydrogen-bond acceptors (Lipinski definition) is 2. The van der Waals surface area contributed by atoms with E-state index < -0.39 is 5.97 Å². The molecule has 4 nitrogen and oxygen atoms in total. The third kappa shape index (κ3) is 1.95. The molecule has 0 amide bonds. The summed E-state index contributed by atoms with van der Waals surface area (Å²) >= 11 is 3.46. The lowest BCUT2D eigenvalue weighted by Gasteiger charge is -1.99. The van der Waals surface area contributed by atoms with Crippen LogP contribution in [0.25, 0.3) is 10.9 Å². The van der Waals surface area contributed by atoms with Crippen LogP contribution < -0.4 is 0 Å². The molecule has 84 valence electrons. The van der Waals surface area contributed by atoms with Crippen molar-refractivity contribution in [3.8, 4) is 0 Å². The molecule has 0 aliphatic heterocycles. The van der Waals surface area contributed by atoms with Crippen LogP contribution in [0.4, 0.5) is 0 Å². The van der Waals surface area contributed by atoms with Crippen LogP contribution >= 0.6 is 15.9 Å². The summed E-state index contributed by atoms with van der Waals surface area (Å²) in [6.45, 7) is 2.39.